The van der Waals surface area contributed by atoms with Crippen molar-refractivity contribution in [2.45, 2.75) is 25.4 Å². The molecule has 0 spiro atoms. The SMILES string of the molecule is Cc1cc(C)c2ccc(SCC(=O)NCc3ccccc3)nc2n1. The van der Waals surface area contributed by atoms with E-state index in [9.17, 15) is 4.79 Å². The first-order valence-electron chi connectivity index (χ1n) is 7.80. The number of aryl methyl sites for hydroxylation is 2. The lowest BCUT2D eigenvalue weighted by atomic mass is 10.1. The molecule has 24 heavy (non-hydrogen) atoms. The molecular weight excluding hydrogens is 318 g/mol. The van der Waals surface area contributed by atoms with Crippen molar-refractivity contribution >= 4 is 28.7 Å². The maximum atomic E-state index is 12.0. The van der Waals surface area contributed by atoms with E-state index in [1.807, 2.05) is 55.5 Å². The average molecular weight is 337 g/mol. The Kier molecular flexibility index (Phi) is 5.11. The number of nitrogens with zero attached hydrogens (tertiary/aromatic N) is 2. The zero-order chi connectivity index (χ0) is 16.9. The van der Waals surface area contributed by atoms with Gasteiger partial charge in [-0.3, -0.25) is 4.79 Å². The van der Waals surface area contributed by atoms with Crippen molar-refractivity contribution in [1.29, 1.82) is 0 Å². The lowest BCUT2D eigenvalue weighted by Crippen LogP contribution is -2.24. The normalized spacial score (nSPS) is 10.8. The second-order valence-electron chi connectivity index (χ2n) is 5.65. The Balaban J connectivity index is 1.60. The number of aromatic nitrogens is 2. The predicted molar refractivity (Wildman–Crippen MR) is 98.0 cm³/mol. The molecule has 122 valence electrons. The summed E-state index contributed by atoms with van der Waals surface area (Å²) in [6, 6.07) is 15.9. The smallest absolute Gasteiger partial charge is 0.230 e. The van der Waals surface area contributed by atoms with Crippen LogP contribution in [-0.2, 0) is 11.3 Å². The standard InChI is InChI=1S/C19H19N3OS/c1-13-10-14(2)21-19-16(13)8-9-18(22-19)24-12-17(23)20-11-15-6-4-3-5-7-15/h3-10H,11-12H2,1-2H3,(H,20,23). The van der Waals surface area contributed by atoms with Gasteiger partial charge in [-0.2, -0.15) is 0 Å². The number of thioether (sulfide) groups is 1. The van der Waals surface area contributed by atoms with Crippen LogP contribution in [0.15, 0.2) is 53.6 Å². The van der Waals surface area contributed by atoms with Crippen molar-refractivity contribution in [1.82, 2.24) is 15.3 Å². The first-order chi connectivity index (χ1) is 11.6. The largest absolute Gasteiger partial charge is 0.351 e. The van der Waals surface area contributed by atoms with E-state index in [0.717, 1.165) is 27.3 Å². The number of benzene rings is 1. The van der Waals surface area contributed by atoms with Crippen LogP contribution >= 0.6 is 11.8 Å². The van der Waals surface area contributed by atoms with Crippen molar-refractivity contribution in [2.24, 2.45) is 0 Å². The van der Waals surface area contributed by atoms with Gasteiger partial charge in [-0.25, -0.2) is 9.97 Å². The summed E-state index contributed by atoms with van der Waals surface area (Å²) in [5.41, 5.74) is 3.95. The van der Waals surface area contributed by atoms with E-state index in [-0.39, 0.29) is 5.91 Å². The van der Waals surface area contributed by atoms with Gasteiger partial charge in [0.2, 0.25) is 5.91 Å². The van der Waals surface area contributed by atoms with Crippen LogP contribution in [0, 0.1) is 13.8 Å². The molecule has 3 aromatic rings. The number of carbonyl (C=O) groups is 1. The monoisotopic (exact) mass is 337 g/mol. The Bertz CT molecular complexity index is 865. The number of hydrogen-bond acceptors (Lipinski definition) is 4. The van der Waals surface area contributed by atoms with Gasteiger partial charge in [-0.1, -0.05) is 42.1 Å². The van der Waals surface area contributed by atoms with Crippen LogP contribution in [0.2, 0.25) is 0 Å². The number of pyridine rings is 2. The highest BCUT2D eigenvalue weighted by Crippen LogP contribution is 2.21. The van der Waals surface area contributed by atoms with Crippen LogP contribution in [0.4, 0.5) is 0 Å². The lowest BCUT2D eigenvalue weighted by molar-refractivity contribution is -0.118. The number of carbonyl (C=O) groups excluding carboxylic acids is 1. The minimum absolute atomic E-state index is 0.000804. The van der Waals surface area contributed by atoms with Crippen LogP contribution in [0.5, 0.6) is 0 Å². The van der Waals surface area contributed by atoms with E-state index >= 15 is 0 Å². The van der Waals surface area contributed by atoms with Crippen molar-refractivity contribution in [3.05, 3.63) is 65.4 Å². The van der Waals surface area contributed by atoms with Crippen molar-refractivity contribution in [3.8, 4) is 0 Å². The van der Waals surface area contributed by atoms with Gasteiger partial charge in [-0.15, -0.1) is 0 Å². The number of amides is 1. The molecule has 0 saturated heterocycles. The lowest BCUT2D eigenvalue weighted by Gasteiger charge is -2.07. The van der Waals surface area contributed by atoms with Crippen LogP contribution in [0.25, 0.3) is 11.0 Å². The molecule has 4 nitrogen and oxygen atoms in total. The molecule has 1 aromatic carbocycles. The molecule has 1 amide bonds. The molecule has 1 N–H and O–H groups in total. The van der Waals surface area contributed by atoms with Gasteiger partial charge in [0.05, 0.1) is 10.8 Å². The Morgan fingerprint density at radius 3 is 2.67 bits per heavy atom. The van der Waals surface area contributed by atoms with E-state index in [1.165, 1.54) is 17.3 Å². The molecule has 5 heteroatoms. The average Bonchev–Trinajstić information content (AvgIpc) is 2.58. The van der Waals surface area contributed by atoms with Crippen molar-refractivity contribution in [3.63, 3.8) is 0 Å². The fourth-order valence-corrected chi connectivity index (χ4v) is 3.18. The quantitative estimate of drug-likeness (QED) is 0.722. The zero-order valence-corrected chi connectivity index (χ0v) is 14.6. The third-order valence-corrected chi connectivity index (χ3v) is 4.60. The van der Waals surface area contributed by atoms with Gasteiger partial charge in [-0.05, 0) is 43.2 Å². The van der Waals surface area contributed by atoms with E-state index in [0.29, 0.717) is 12.3 Å². The molecule has 0 bridgehead atoms. The summed E-state index contributed by atoms with van der Waals surface area (Å²) in [5, 5.41) is 4.79. The van der Waals surface area contributed by atoms with E-state index in [4.69, 9.17) is 0 Å². The summed E-state index contributed by atoms with van der Waals surface area (Å²) in [6.45, 7) is 4.57. The number of rotatable bonds is 5. The van der Waals surface area contributed by atoms with Crippen LogP contribution in [0.3, 0.4) is 0 Å². The highest BCUT2D eigenvalue weighted by Gasteiger charge is 2.07. The van der Waals surface area contributed by atoms with Crippen molar-refractivity contribution < 1.29 is 4.79 Å². The third-order valence-electron chi connectivity index (χ3n) is 3.67. The van der Waals surface area contributed by atoms with Gasteiger partial charge >= 0.3 is 0 Å². The molecule has 0 aliphatic carbocycles. The fraction of sp³-hybridized carbons (Fsp3) is 0.211. The van der Waals surface area contributed by atoms with E-state index in [1.54, 1.807) is 0 Å². The zero-order valence-electron chi connectivity index (χ0n) is 13.7. The molecule has 0 fully saturated rings. The van der Waals surface area contributed by atoms with Crippen LogP contribution in [0.1, 0.15) is 16.8 Å². The minimum Gasteiger partial charge on any atom is -0.351 e. The molecular formula is C19H19N3OS. The summed E-state index contributed by atoms with van der Waals surface area (Å²) in [7, 11) is 0. The van der Waals surface area contributed by atoms with Gasteiger partial charge < -0.3 is 5.32 Å². The predicted octanol–water partition coefficient (Wildman–Crippen LogP) is 3.66. The van der Waals surface area contributed by atoms with E-state index < -0.39 is 0 Å². The number of nitrogens with one attached hydrogen (secondary N) is 1. The van der Waals surface area contributed by atoms with Gasteiger partial charge in [0.25, 0.3) is 0 Å². The summed E-state index contributed by atoms with van der Waals surface area (Å²) < 4.78 is 0. The molecule has 0 atom stereocenters. The first-order valence-corrected chi connectivity index (χ1v) is 8.79. The maximum Gasteiger partial charge on any atom is 0.230 e. The molecule has 2 aromatic heterocycles. The highest BCUT2D eigenvalue weighted by molar-refractivity contribution is 7.99. The first kappa shape index (κ1) is 16.5. The third kappa shape index (κ3) is 4.11. The summed E-state index contributed by atoms with van der Waals surface area (Å²) in [5.74, 6) is 0.343. The van der Waals surface area contributed by atoms with Crippen LogP contribution < -0.4 is 5.32 Å². The van der Waals surface area contributed by atoms with Crippen molar-refractivity contribution in [2.75, 3.05) is 5.75 Å². The summed E-state index contributed by atoms with van der Waals surface area (Å²) in [4.78, 5) is 21.0. The molecule has 0 radical (unpaired) electrons. The molecule has 0 unspecified atom stereocenters. The van der Waals surface area contributed by atoms with E-state index in [2.05, 4.69) is 22.2 Å². The van der Waals surface area contributed by atoms with Crippen LogP contribution in [-0.4, -0.2) is 21.6 Å². The minimum atomic E-state index is -0.000804. The molecule has 0 aliphatic rings. The maximum absolute atomic E-state index is 12.0. The Hall–Kier alpha value is -2.40. The number of fused-ring (bicyclic) bond motifs is 1. The Labute approximate surface area is 145 Å². The molecule has 3 rings (SSSR count). The van der Waals surface area contributed by atoms with Gasteiger partial charge in [0.15, 0.2) is 5.65 Å². The fourth-order valence-electron chi connectivity index (χ4n) is 2.48. The Morgan fingerprint density at radius 1 is 1.08 bits per heavy atom. The highest BCUT2D eigenvalue weighted by atomic mass is 32.2. The van der Waals surface area contributed by atoms with Gasteiger partial charge in [0.1, 0.15) is 0 Å². The second-order valence-corrected chi connectivity index (χ2v) is 6.65. The summed E-state index contributed by atoms with van der Waals surface area (Å²) in [6.07, 6.45) is 0. The Morgan fingerprint density at radius 2 is 1.88 bits per heavy atom. The molecule has 0 aliphatic heterocycles. The van der Waals surface area contributed by atoms with Gasteiger partial charge in [0, 0.05) is 17.6 Å². The topological polar surface area (TPSA) is 54.9 Å². The number of hydrogen-bond donors (Lipinski definition) is 1. The molecule has 0 saturated carbocycles. The summed E-state index contributed by atoms with van der Waals surface area (Å²) >= 11 is 1.43. The second kappa shape index (κ2) is 7.45. The molecule has 2 heterocycles.